The molecule has 4 rings (SSSR count). The Hall–Kier alpha value is -2.98. The molecule has 142 valence electrons. The van der Waals surface area contributed by atoms with E-state index in [2.05, 4.69) is 15.5 Å². The van der Waals surface area contributed by atoms with Gasteiger partial charge in [0.25, 0.3) is 0 Å². The first-order valence-electron chi connectivity index (χ1n) is 8.17. The van der Waals surface area contributed by atoms with E-state index >= 15 is 0 Å². The topological polar surface area (TPSA) is 90.0 Å². The van der Waals surface area contributed by atoms with Crippen molar-refractivity contribution in [3.05, 3.63) is 70.5 Å². The number of fused-ring (bicyclic) bond motifs is 1. The molecule has 4 aromatic rings. The average Bonchev–Trinajstić information content (AvgIpc) is 3.25. The molecule has 0 fully saturated rings. The molecular weight excluding hydrogens is 403 g/mol. The molecule has 1 amide bonds. The molecule has 0 saturated carbocycles. The summed E-state index contributed by atoms with van der Waals surface area (Å²) in [6, 6.07) is 13.1. The van der Waals surface area contributed by atoms with Crippen molar-refractivity contribution in [2.75, 3.05) is 5.32 Å². The Morgan fingerprint density at radius 3 is 2.79 bits per heavy atom. The van der Waals surface area contributed by atoms with Gasteiger partial charge in [0.1, 0.15) is 12.4 Å². The van der Waals surface area contributed by atoms with Crippen LogP contribution in [0.5, 0.6) is 0 Å². The summed E-state index contributed by atoms with van der Waals surface area (Å²) >= 11 is 2.67. The zero-order valence-corrected chi connectivity index (χ0v) is 15.9. The van der Waals surface area contributed by atoms with Gasteiger partial charge in [-0.2, -0.15) is 0 Å². The van der Waals surface area contributed by atoms with Gasteiger partial charge in [0, 0.05) is 5.75 Å². The van der Waals surface area contributed by atoms with E-state index in [1.807, 2.05) is 0 Å². The van der Waals surface area contributed by atoms with Crippen LogP contribution in [0.3, 0.4) is 0 Å². The maximum atomic E-state index is 12.9. The number of anilines is 1. The fourth-order valence-electron chi connectivity index (χ4n) is 2.51. The zero-order chi connectivity index (χ0) is 19.5. The molecule has 0 atom stereocenters. The van der Waals surface area contributed by atoms with E-state index in [0.717, 1.165) is 5.56 Å². The van der Waals surface area contributed by atoms with E-state index in [-0.39, 0.29) is 12.4 Å². The number of para-hydroxylation sites is 2. The van der Waals surface area contributed by atoms with Crippen LogP contribution in [0.15, 0.2) is 62.1 Å². The van der Waals surface area contributed by atoms with Crippen LogP contribution in [-0.2, 0) is 17.1 Å². The molecule has 0 bridgehead atoms. The molecule has 0 unspecified atom stereocenters. The van der Waals surface area contributed by atoms with Crippen molar-refractivity contribution >= 4 is 45.2 Å². The van der Waals surface area contributed by atoms with Crippen LogP contribution >= 0.6 is 23.1 Å². The first kappa shape index (κ1) is 18.4. The molecule has 0 spiro atoms. The standard InChI is InChI=1S/C18H13FN4O3S2/c19-12-7-5-11(6-8-12)10-27-17-22-21-16(28-17)20-15(24)9-23-13-3-1-2-4-14(13)26-18(23)25/h1-8H,9-10H2,(H,20,21,24). The summed E-state index contributed by atoms with van der Waals surface area (Å²) in [7, 11) is 0. The van der Waals surface area contributed by atoms with Gasteiger partial charge in [-0.1, -0.05) is 47.4 Å². The third-order valence-corrected chi connectivity index (χ3v) is 5.85. The monoisotopic (exact) mass is 416 g/mol. The highest BCUT2D eigenvalue weighted by Crippen LogP contribution is 2.28. The van der Waals surface area contributed by atoms with Gasteiger partial charge < -0.3 is 4.42 Å². The van der Waals surface area contributed by atoms with E-state index in [0.29, 0.717) is 26.3 Å². The highest BCUT2D eigenvalue weighted by Gasteiger charge is 2.14. The number of halogens is 1. The average molecular weight is 416 g/mol. The minimum atomic E-state index is -0.593. The number of aromatic nitrogens is 3. The molecule has 0 radical (unpaired) electrons. The third kappa shape index (κ3) is 4.12. The molecule has 1 N–H and O–H groups in total. The number of amides is 1. The molecular formula is C18H13FN4O3S2. The lowest BCUT2D eigenvalue weighted by molar-refractivity contribution is -0.116. The van der Waals surface area contributed by atoms with Gasteiger partial charge in [-0.15, -0.1) is 10.2 Å². The van der Waals surface area contributed by atoms with E-state index in [9.17, 15) is 14.0 Å². The van der Waals surface area contributed by atoms with E-state index in [1.165, 1.54) is 39.8 Å². The van der Waals surface area contributed by atoms with Crippen molar-refractivity contribution in [3.8, 4) is 0 Å². The number of nitrogens with zero attached hydrogens (tertiary/aromatic N) is 3. The molecule has 2 heterocycles. The first-order valence-corrected chi connectivity index (χ1v) is 9.98. The maximum Gasteiger partial charge on any atom is 0.420 e. The van der Waals surface area contributed by atoms with Gasteiger partial charge in [-0.3, -0.25) is 14.7 Å². The highest BCUT2D eigenvalue weighted by atomic mass is 32.2. The fourth-order valence-corrected chi connectivity index (χ4v) is 4.23. The minimum absolute atomic E-state index is 0.187. The lowest BCUT2D eigenvalue weighted by atomic mass is 10.2. The quantitative estimate of drug-likeness (QED) is 0.382. The maximum absolute atomic E-state index is 12.9. The van der Waals surface area contributed by atoms with Gasteiger partial charge in [-0.25, -0.2) is 9.18 Å². The summed E-state index contributed by atoms with van der Waals surface area (Å²) in [5, 5.41) is 10.9. The second-order valence-electron chi connectivity index (χ2n) is 5.76. The summed E-state index contributed by atoms with van der Waals surface area (Å²) in [4.78, 5) is 24.2. The van der Waals surface area contributed by atoms with Crippen molar-refractivity contribution in [2.45, 2.75) is 16.6 Å². The normalized spacial score (nSPS) is 11.0. The van der Waals surface area contributed by atoms with Crippen LogP contribution in [-0.4, -0.2) is 20.7 Å². The Balaban J connectivity index is 1.38. The summed E-state index contributed by atoms with van der Waals surface area (Å²) in [6.45, 7) is -0.187. The van der Waals surface area contributed by atoms with Gasteiger partial charge in [0.15, 0.2) is 9.92 Å². The lowest BCUT2D eigenvalue weighted by Gasteiger charge is -2.02. The summed E-state index contributed by atoms with van der Waals surface area (Å²) in [5.41, 5.74) is 1.93. The molecule has 28 heavy (non-hydrogen) atoms. The number of carbonyl (C=O) groups excluding carboxylic acids is 1. The smallest absolute Gasteiger partial charge is 0.408 e. The number of oxazole rings is 1. The Bertz CT molecular complexity index is 1180. The SMILES string of the molecule is O=C(Cn1c(=O)oc2ccccc21)Nc1nnc(SCc2ccc(F)cc2)s1. The molecule has 10 heteroatoms. The van der Waals surface area contributed by atoms with Crippen LogP contribution in [0.4, 0.5) is 9.52 Å². The Morgan fingerprint density at radius 2 is 1.96 bits per heavy atom. The minimum Gasteiger partial charge on any atom is -0.408 e. The van der Waals surface area contributed by atoms with E-state index in [4.69, 9.17) is 4.42 Å². The molecule has 0 saturated heterocycles. The van der Waals surface area contributed by atoms with Crippen LogP contribution < -0.4 is 11.1 Å². The van der Waals surface area contributed by atoms with Crippen molar-refractivity contribution in [1.82, 2.24) is 14.8 Å². The molecule has 2 aromatic heterocycles. The number of nitrogens with one attached hydrogen (secondary N) is 1. The van der Waals surface area contributed by atoms with Crippen LogP contribution in [0.1, 0.15) is 5.56 Å². The first-order chi connectivity index (χ1) is 13.6. The van der Waals surface area contributed by atoms with Crippen molar-refractivity contribution in [1.29, 1.82) is 0 Å². The fraction of sp³-hybridized carbons (Fsp3) is 0.111. The van der Waals surface area contributed by atoms with Gasteiger partial charge in [0.2, 0.25) is 11.0 Å². The van der Waals surface area contributed by atoms with Crippen molar-refractivity contribution in [3.63, 3.8) is 0 Å². The molecule has 0 aliphatic heterocycles. The highest BCUT2D eigenvalue weighted by molar-refractivity contribution is 8.00. The lowest BCUT2D eigenvalue weighted by Crippen LogP contribution is -2.24. The van der Waals surface area contributed by atoms with Gasteiger partial charge >= 0.3 is 5.76 Å². The van der Waals surface area contributed by atoms with Crippen molar-refractivity contribution < 1.29 is 13.6 Å². The third-order valence-electron chi connectivity index (χ3n) is 3.80. The summed E-state index contributed by atoms with van der Waals surface area (Å²) < 4.78 is 20.0. The number of benzene rings is 2. The number of thioether (sulfide) groups is 1. The Kier molecular flexibility index (Phi) is 5.22. The van der Waals surface area contributed by atoms with Crippen LogP contribution in [0, 0.1) is 5.82 Å². The zero-order valence-electron chi connectivity index (χ0n) is 14.3. The molecule has 0 aliphatic rings. The predicted molar refractivity (Wildman–Crippen MR) is 105 cm³/mol. The van der Waals surface area contributed by atoms with Crippen LogP contribution in [0.2, 0.25) is 0 Å². The number of hydrogen-bond acceptors (Lipinski definition) is 7. The number of rotatable bonds is 6. The van der Waals surface area contributed by atoms with Crippen LogP contribution in [0.25, 0.3) is 11.1 Å². The van der Waals surface area contributed by atoms with Crippen molar-refractivity contribution in [2.24, 2.45) is 0 Å². The summed E-state index contributed by atoms with van der Waals surface area (Å²) in [6.07, 6.45) is 0. The van der Waals surface area contributed by atoms with Gasteiger partial charge in [0.05, 0.1) is 5.52 Å². The molecule has 7 nitrogen and oxygen atoms in total. The molecule has 2 aromatic carbocycles. The predicted octanol–water partition coefficient (Wildman–Crippen LogP) is 3.52. The summed E-state index contributed by atoms with van der Waals surface area (Å²) in [5.74, 6) is -0.664. The largest absolute Gasteiger partial charge is 0.420 e. The second kappa shape index (κ2) is 7.95. The molecule has 0 aliphatic carbocycles. The van der Waals surface area contributed by atoms with Gasteiger partial charge in [-0.05, 0) is 29.8 Å². The number of hydrogen-bond donors (Lipinski definition) is 1. The second-order valence-corrected chi connectivity index (χ2v) is 7.96. The Labute approximate surface area is 166 Å². The number of carbonyl (C=O) groups is 1. The Morgan fingerprint density at radius 1 is 1.18 bits per heavy atom. The van der Waals surface area contributed by atoms with E-state index in [1.54, 1.807) is 36.4 Å². The van der Waals surface area contributed by atoms with E-state index < -0.39 is 11.7 Å².